The lowest BCUT2D eigenvalue weighted by Gasteiger charge is -2.36. The maximum Gasteiger partial charge on any atom is 0.317 e. The van der Waals surface area contributed by atoms with Crippen molar-refractivity contribution < 1.29 is 9.53 Å². The Bertz CT molecular complexity index is 384. The van der Waals surface area contributed by atoms with Gasteiger partial charge in [-0.05, 0) is 44.4 Å². The predicted octanol–water partition coefficient (Wildman–Crippen LogP) is 2.85. The van der Waals surface area contributed by atoms with E-state index in [0.717, 1.165) is 51.3 Å². The molecule has 0 aromatic carbocycles. The highest BCUT2D eigenvalue weighted by Crippen LogP contribution is 2.25. The van der Waals surface area contributed by atoms with Gasteiger partial charge in [0.2, 0.25) is 0 Å². The summed E-state index contributed by atoms with van der Waals surface area (Å²) < 4.78 is 5.62. The monoisotopic (exact) mass is 337 g/mol. The van der Waals surface area contributed by atoms with Crippen LogP contribution < -0.4 is 5.32 Å². The van der Waals surface area contributed by atoms with Crippen LogP contribution in [-0.2, 0) is 4.74 Å². The zero-order valence-corrected chi connectivity index (χ0v) is 15.3. The highest BCUT2D eigenvalue weighted by molar-refractivity contribution is 5.74. The number of carbonyl (C=O) groups excluding carboxylic acids is 1. The van der Waals surface area contributed by atoms with Gasteiger partial charge in [-0.15, -0.1) is 0 Å². The molecule has 2 aliphatic heterocycles. The van der Waals surface area contributed by atoms with Crippen molar-refractivity contribution >= 4 is 6.03 Å². The van der Waals surface area contributed by atoms with Crippen LogP contribution in [-0.4, -0.2) is 67.8 Å². The Hall–Kier alpha value is -0.810. The summed E-state index contributed by atoms with van der Waals surface area (Å²) in [5.41, 5.74) is 0. The maximum absolute atomic E-state index is 12.3. The van der Waals surface area contributed by atoms with E-state index >= 15 is 0 Å². The summed E-state index contributed by atoms with van der Waals surface area (Å²) in [6.07, 6.45) is 11.7. The van der Waals surface area contributed by atoms with Gasteiger partial charge in [0.05, 0.1) is 6.10 Å². The van der Waals surface area contributed by atoms with Crippen molar-refractivity contribution in [1.82, 2.24) is 15.1 Å². The summed E-state index contributed by atoms with van der Waals surface area (Å²) in [6, 6.07) is 0.406. The fourth-order valence-corrected chi connectivity index (χ4v) is 4.46. The molecule has 5 heteroatoms. The highest BCUT2D eigenvalue weighted by atomic mass is 16.5. The van der Waals surface area contributed by atoms with Crippen molar-refractivity contribution in [3.05, 3.63) is 0 Å². The second kappa shape index (κ2) is 9.04. The minimum atomic E-state index is 0.0660. The highest BCUT2D eigenvalue weighted by Gasteiger charge is 2.25. The second-order valence-electron chi connectivity index (χ2n) is 8.04. The molecule has 1 atom stereocenters. The van der Waals surface area contributed by atoms with Gasteiger partial charge in [0.15, 0.2) is 0 Å². The molecule has 2 saturated heterocycles. The molecule has 1 saturated carbocycles. The van der Waals surface area contributed by atoms with Gasteiger partial charge in [0, 0.05) is 45.9 Å². The summed E-state index contributed by atoms with van der Waals surface area (Å²) in [5, 5.41) is 3.22. The van der Waals surface area contributed by atoms with Crippen LogP contribution in [0, 0.1) is 5.92 Å². The number of rotatable bonds is 5. The molecule has 24 heavy (non-hydrogen) atoms. The van der Waals surface area contributed by atoms with Crippen LogP contribution >= 0.6 is 0 Å². The van der Waals surface area contributed by atoms with Gasteiger partial charge in [-0.2, -0.15) is 0 Å². The number of piperidine rings is 1. The van der Waals surface area contributed by atoms with Gasteiger partial charge < -0.3 is 19.9 Å². The molecule has 3 aliphatic rings. The predicted molar refractivity (Wildman–Crippen MR) is 96.2 cm³/mol. The number of ether oxygens (including phenoxy) is 1. The molecular formula is C19H35N3O2. The number of amides is 2. The van der Waals surface area contributed by atoms with Gasteiger partial charge in [-0.3, -0.25) is 0 Å². The first-order valence-electron chi connectivity index (χ1n) is 10.1. The van der Waals surface area contributed by atoms with Gasteiger partial charge in [-0.25, -0.2) is 4.79 Å². The molecule has 0 unspecified atom stereocenters. The lowest BCUT2D eigenvalue weighted by Crippen LogP contribution is -2.50. The van der Waals surface area contributed by atoms with Crippen molar-refractivity contribution in [1.29, 1.82) is 0 Å². The van der Waals surface area contributed by atoms with Crippen LogP contribution in [0.15, 0.2) is 0 Å². The normalized spacial score (nSPS) is 27.3. The Labute approximate surface area is 147 Å². The third kappa shape index (κ3) is 5.35. The van der Waals surface area contributed by atoms with Gasteiger partial charge in [0.25, 0.3) is 0 Å². The number of hydrogen-bond acceptors (Lipinski definition) is 3. The Morgan fingerprint density at radius 2 is 1.83 bits per heavy atom. The molecule has 3 fully saturated rings. The molecule has 5 nitrogen and oxygen atoms in total. The standard InChI is InChI=1S/C19H35N3O2/c1-21(15-18-8-5-13-24-18)19(23)20-17-9-11-22(12-10-17)14-16-6-3-2-4-7-16/h16-18H,2-15H2,1H3,(H,20,23)/t18-/m0/s1. The summed E-state index contributed by atoms with van der Waals surface area (Å²) in [4.78, 5) is 16.8. The van der Waals surface area contributed by atoms with Crippen LogP contribution in [0.4, 0.5) is 4.79 Å². The summed E-state index contributed by atoms with van der Waals surface area (Å²) in [6.45, 7) is 5.11. The molecule has 0 spiro atoms. The fourth-order valence-electron chi connectivity index (χ4n) is 4.46. The zero-order valence-electron chi connectivity index (χ0n) is 15.3. The van der Waals surface area contributed by atoms with E-state index in [-0.39, 0.29) is 12.1 Å². The molecule has 2 heterocycles. The Morgan fingerprint density at radius 3 is 2.50 bits per heavy atom. The smallest absolute Gasteiger partial charge is 0.317 e. The van der Waals surface area contributed by atoms with Crippen LogP contribution in [0.2, 0.25) is 0 Å². The number of nitrogens with one attached hydrogen (secondary N) is 1. The zero-order chi connectivity index (χ0) is 16.8. The van der Waals surface area contributed by atoms with E-state index in [4.69, 9.17) is 4.74 Å². The first kappa shape index (κ1) is 18.0. The average Bonchev–Trinajstić information content (AvgIpc) is 3.10. The maximum atomic E-state index is 12.3. The van der Waals surface area contributed by atoms with Crippen LogP contribution in [0.3, 0.4) is 0 Å². The van der Waals surface area contributed by atoms with E-state index in [1.165, 1.54) is 38.6 Å². The van der Waals surface area contributed by atoms with Gasteiger partial charge >= 0.3 is 6.03 Å². The quantitative estimate of drug-likeness (QED) is 0.839. The Kier molecular flexibility index (Phi) is 6.78. The topological polar surface area (TPSA) is 44.8 Å². The lowest BCUT2D eigenvalue weighted by molar-refractivity contribution is 0.0859. The molecule has 0 aromatic rings. The van der Waals surface area contributed by atoms with E-state index in [0.29, 0.717) is 12.6 Å². The molecule has 0 bridgehead atoms. The molecule has 1 aliphatic carbocycles. The molecule has 1 N–H and O–H groups in total. The molecule has 0 aromatic heterocycles. The fraction of sp³-hybridized carbons (Fsp3) is 0.947. The minimum Gasteiger partial charge on any atom is -0.376 e. The lowest BCUT2D eigenvalue weighted by atomic mass is 9.88. The van der Waals surface area contributed by atoms with Gasteiger partial charge in [-0.1, -0.05) is 19.3 Å². The Morgan fingerprint density at radius 1 is 1.08 bits per heavy atom. The molecular weight excluding hydrogens is 302 g/mol. The number of likely N-dealkylation sites (tertiary alicyclic amines) is 1. The van der Waals surface area contributed by atoms with E-state index in [2.05, 4.69) is 10.2 Å². The van der Waals surface area contributed by atoms with Crippen LogP contribution in [0.1, 0.15) is 57.8 Å². The molecule has 138 valence electrons. The third-order valence-corrected chi connectivity index (χ3v) is 6.00. The van der Waals surface area contributed by atoms with Crippen molar-refractivity contribution in [3.8, 4) is 0 Å². The van der Waals surface area contributed by atoms with E-state index in [1.54, 1.807) is 4.90 Å². The van der Waals surface area contributed by atoms with Crippen LogP contribution in [0.25, 0.3) is 0 Å². The third-order valence-electron chi connectivity index (χ3n) is 6.00. The molecule has 0 radical (unpaired) electrons. The number of hydrogen-bond donors (Lipinski definition) is 1. The SMILES string of the molecule is CN(C[C@@H]1CCCO1)C(=O)NC1CCN(CC2CCCCC2)CC1. The van der Waals surface area contributed by atoms with Crippen molar-refractivity contribution in [2.24, 2.45) is 5.92 Å². The second-order valence-corrected chi connectivity index (χ2v) is 8.04. The summed E-state index contributed by atoms with van der Waals surface area (Å²) in [5.74, 6) is 0.919. The van der Waals surface area contributed by atoms with Crippen LogP contribution in [0.5, 0.6) is 0 Å². The van der Waals surface area contributed by atoms with E-state index < -0.39 is 0 Å². The van der Waals surface area contributed by atoms with E-state index in [9.17, 15) is 4.79 Å². The van der Waals surface area contributed by atoms with Gasteiger partial charge in [0.1, 0.15) is 0 Å². The summed E-state index contributed by atoms with van der Waals surface area (Å²) in [7, 11) is 1.88. The number of urea groups is 1. The number of likely N-dealkylation sites (N-methyl/N-ethyl adjacent to an activating group) is 1. The van der Waals surface area contributed by atoms with Crippen molar-refractivity contribution in [2.45, 2.75) is 69.9 Å². The number of carbonyl (C=O) groups is 1. The van der Waals surface area contributed by atoms with Crippen molar-refractivity contribution in [3.63, 3.8) is 0 Å². The average molecular weight is 338 g/mol. The summed E-state index contributed by atoms with van der Waals surface area (Å²) >= 11 is 0. The number of nitrogens with zero attached hydrogens (tertiary/aromatic N) is 2. The minimum absolute atomic E-state index is 0.0660. The largest absolute Gasteiger partial charge is 0.376 e. The first-order chi connectivity index (χ1) is 11.7. The molecule has 2 amide bonds. The van der Waals surface area contributed by atoms with E-state index in [1.807, 2.05) is 7.05 Å². The first-order valence-corrected chi connectivity index (χ1v) is 10.1. The Balaban J connectivity index is 1.33. The van der Waals surface area contributed by atoms with Crippen molar-refractivity contribution in [2.75, 3.05) is 39.8 Å². The molecule has 3 rings (SSSR count).